The highest BCUT2D eigenvalue weighted by atomic mass is 32.2. The highest BCUT2D eigenvalue weighted by molar-refractivity contribution is 7.99. The fraction of sp³-hybridized carbons (Fsp3) is 0.296. The maximum atomic E-state index is 12.5. The van der Waals surface area contributed by atoms with Crippen LogP contribution in [0.5, 0.6) is 5.75 Å². The van der Waals surface area contributed by atoms with Gasteiger partial charge in [0.2, 0.25) is 0 Å². The highest BCUT2D eigenvalue weighted by Crippen LogP contribution is 2.18. The minimum absolute atomic E-state index is 0.0684. The van der Waals surface area contributed by atoms with Crippen LogP contribution in [0.3, 0.4) is 0 Å². The van der Waals surface area contributed by atoms with Gasteiger partial charge in [-0.1, -0.05) is 42.5 Å². The van der Waals surface area contributed by atoms with E-state index in [1.807, 2.05) is 42.5 Å². The summed E-state index contributed by atoms with van der Waals surface area (Å²) in [5, 5.41) is 3.03. The Morgan fingerprint density at radius 2 is 1.66 bits per heavy atom. The topological polar surface area (TPSA) is 41.6 Å². The van der Waals surface area contributed by atoms with Crippen molar-refractivity contribution in [1.82, 2.24) is 10.2 Å². The molecule has 1 amide bonds. The molecule has 0 atom stereocenters. The fourth-order valence-electron chi connectivity index (χ4n) is 3.86. The van der Waals surface area contributed by atoms with Crippen molar-refractivity contribution in [2.24, 2.45) is 0 Å². The summed E-state index contributed by atoms with van der Waals surface area (Å²) in [5.74, 6) is 1.59. The number of rotatable bonds is 10. The van der Waals surface area contributed by atoms with Crippen molar-refractivity contribution in [2.75, 3.05) is 25.4 Å². The number of amides is 1. The molecule has 0 saturated carbocycles. The van der Waals surface area contributed by atoms with E-state index in [0.717, 1.165) is 23.6 Å². The van der Waals surface area contributed by atoms with Crippen molar-refractivity contribution in [2.45, 2.75) is 30.8 Å². The predicted octanol–water partition coefficient (Wildman–Crippen LogP) is 5.38. The van der Waals surface area contributed by atoms with E-state index in [1.165, 1.54) is 36.4 Å². The summed E-state index contributed by atoms with van der Waals surface area (Å²) in [6, 6.07) is 26.2. The zero-order chi connectivity index (χ0) is 22.0. The van der Waals surface area contributed by atoms with Gasteiger partial charge in [0, 0.05) is 29.3 Å². The van der Waals surface area contributed by atoms with E-state index in [0.29, 0.717) is 18.7 Å². The van der Waals surface area contributed by atoms with Crippen LogP contribution in [0.1, 0.15) is 34.3 Å². The lowest BCUT2D eigenvalue weighted by Gasteiger charge is -2.15. The van der Waals surface area contributed by atoms with Crippen LogP contribution in [0.2, 0.25) is 0 Å². The molecule has 1 aliphatic heterocycles. The molecule has 4 rings (SSSR count). The quantitative estimate of drug-likeness (QED) is 0.335. The number of ether oxygens (including phenoxy) is 1. The Morgan fingerprint density at radius 3 is 2.44 bits per heavy atom. The maximum Gasteiger partial charge on any atom is 0.251 e. The third-order valence-corrected chi connectivity index (χ3v) is 6.51. The Balaban J connectivity index is 1.20. The number of nitrogens with zero attached hydrogens (tertiary/aromatic N) is 1. The lowest BCUT2D eigenvalue weighted by Crippen LogP contribution is -2.23. The molecule has 0 aromatic heterocycles. The van der Waals surface area contributed by atoms with E-state index in [1.54, 1.807) is 11.8 Å². The Morgan fingerprint density at radius 1 is 0.906 bits per heavy atom. The average molecular weight is 447 g/mol. The van der Waals surface area contributed by atoms with Crippen LogP contribution in [0.25, 0.3) is 0 Å². The summed E-state index contributed by atoms with van der Waals surface area (Å²) in [4.78, 5) is 16.3. The number of nitrogens with one attached hydrogen (secondary N) is 1. The Kier molecular flexibility index (Phi) is 8.23. The molecule has 1 aliphatic rings. The standard InChI is InChI=1S/C27H30N2O2S/c30-27(28-20-22-7-6-8-23(19-22)21-29-15-4-5-16-29)24-11-13-25(14-12-24)31-17-18-32-26-9-2-1-3-10-26/h1-3,6-14,19H,4-5,15-18,20-21H2,(H,28,30). The molecule has 0 unspecified atom stereocenters. The van der Waals surface area contributed by atoms with Crippen molar-refractivity contribution in [3.63, 3.8) is 0 Å². The van der Waals surface area contributed by atoms with Gasteiger partial charge < -0.3 is 10.1 Å². The molecular formula is C27H30N2O2S. The van der Waals surface area contributed by atoms with Crippen LogP contribution in [-0.2, 0) is 13.1 Å². The Bertz CT molecular complexity index is 986. The molecule has 0 radical (unpaired) electrons. The van der Waals surface area contributed by atoms with Gasteiger partial charge in [0.1, 0.15) is 5.75 Å². The first-order chi connectivity index (χ1) is 15.8. The third kappa shape index (κ3) is 6.87. The zero-order valence-electron chi connectivity index (χ0n) is 18.3. The van der Waals surface area contributed by atoms with Gasteiger partial charge in [-0.3, -0.25) is 9.69 Å². The van der Waals surface area contributed by atoms with E-state index < -0.39 is 0 Å². The molecule has 3 aromatic rings. The van der Waals surface area contributed by atoms with Gasteiger partial charge in [-0.05, 0) is 73.5 Å². The molecule has 0 aliphatic carbocycles. The molecule has 4 nitrogen and oxygen atoms in total. The van der Waals surface area contributed by atoms with Crippen LogP contribution in [-0.4, -0.2) is 36.3 Å². The summed E-state index contributed by atoms with van der Waals surface area (Å²) in [7, 11) is 0. The first kappa shape index (κ1) is 22.4. The maximum absolute atomic E-state index is 12.5. The van der Waals surface area contributed by atoms with E-state index in [2.05, 4.69) is 46.6 Å². The normalized spacial score (nSPS) is 13.8. The zero-order valence-corrected chi connectivity index (χ0v) is 19.2. The second-order valence-electron chi connectivity index (χ2n) is 8.02. The van der Waals surface area contributed by atoms with Crippen LogP contribution in [0, 0.1) is 0 Å². The van der Waals surface area contributed by atoms with Crippen molar-refractivity contribution in [3.05, 3.63) is 95.6 Å². The van der Waals surface area contributed by atoms with Crippen molar-refractivity contribution in [3.8, 4) is 5.75 Å². The molecule has 1 heterocycles. The number of benzene rings is 3. The van der Waals surface area contributed by atoms with Gasteiger partial charge in [-0.15, -0.1) is 11.8 Å². The molecule has 0 bridgehead atoms. The first-order valence-corrected chi connectivity index (χ1v) is 12.2. The fourth-order valence-corrected chi connectivity index (χ4v) is 4.61. The highest BCUT2D eigenvalue weighted by Gasteiger charge is 2.12. The van der Waals surface area contributed by atoms with Gasteiger partial charge in [0.15, 0.2) is 0 Å². The average Bonchev–Trinajstić information content (AvgIpc) is 3.35. The van der Waals surface area contributed by atoms with Crippen molar-refractivity contribution in [1.29, 1.82) is 0 Å². The Labute approximate surface area is 195 Å². The number of hydrogen-bond donors (Lipinski definition) is 1. The van der Waals surface area contributed by atoms with Crippen LogP contribution >= 0.6 is 11.8 Å². The second kappa shape index (κ2) is 11.7. The molecule has 0 spiro atoms. The summed E-state index contributed by atoms with van der Waals surface area (Å²) in [6.07, 6.45) is 2.60. The first-order valence-electron chi connectivity index (χ1n) is 11.3. The second-order valence-corrected chi connectivity index (χ2v) is 9.19. The lowest BCUT2D eigenvalue weighted by atomic mass is 10.1. The van der Waals surface area contributed by atoms with Crippen molar-refractivity contribution < 1.29 is 9.53 Å². The minimum Gasteiger partial charge on any atom is -0.493 e. The number of likely N-dealkylation sites (tertiary alicyclic amines) is 1. The van der Waals surface area contributed by atoms with Gasteiger partial charge in [-0.25, -0.2) is 0 Å². The minimum atomic E-state index is -0.0684. The number of thioether (sulfide) groups is 1. The number of carbonyl (C=O) groups is 1. The lowest BCUT2D eigenvalue weighted by molar-refractivity contribution is 0.0951. The molecule has 1 saturated heterocycles. The summed E-state index contributed by atoms with van der Waals surface area (Å²) in [6.45, 7) is 4.52. The van der Waals surface area contributed by atoms with E-state index >= 15 is 0 Å². The molecule has 32 heavy (non-hydrogen) atoms. The molecule has 3 aromatic carbocycles. The smallest absolute Gasteiger partial charge is 0.251 e. The van der Waals surface area contributed by atoms with Crippen molar-refractivity contribution >= 4 is 17.7 Å². The molecule has 5 heteroatoms. The number of hydrogen-bond acceptors (Lipinski definition) is 4. The van der Waals surface area contributed by atoms with Gasteiger partial charge >= 0.3 is 0 Å². The van der Waals surface area contributed by atoms with Crippen LogP contribution in [0.15, 0.2) is 83.8 Å². The molecular weight excluding hydrogens is 416 g/mol. The largest absolute Gasteiger partial charge is 0.493 e. The predicted molar refractivity (Wildman–Crippen MR) is 131 cm³/mol. The summed E-state index contributed by atoms with van der Waals surface area (Å²) < 4.78 is 5.80. The van der Waals surface area contributed by atoms with Gasteiger partial charge in [0.05, 0.1) is 6.61 Å². The summed E-state index contributed by atoms with van der Waals surface area (Å²) >= 11 is 1.77. The third-order valence-electron chi connectivity index (χ3n) is 5.53. The summed E-state index contributed by atoms with van der Waals surface area (Å²) in [5.41, 5.74) is 3.08. The molecule has 1 fully saturated rings. The Hall–Kier alpha value is -2.76. The van der Waals surface area contributed by atoms with Gasteiger partial charge in [-0.2, -0.15) is 0 Å². The van der Waals surface area contributed by atoms with Gasteiger partial charge in [0.25, 0.3) is 5.91 Å². The van der Waals surface area contributed by atoms with Crippen LogP contribution in [0.4, 0.5) is 0 Å². The molecule has 166 valence electrons. The monoisotopic (exact) mass is 446 g/mol. The SMILES string of the molecule is O=C(NCc1cccc(CN2CCCC2)c1)c1ccc(OCCSc2ccccc2)cc1. The molecule has 1 N–H and O–H groups in total. The van der Waals surface area contributed by atoms with E-state index in [9.17, 15) is 4.79 Å². The van der Waals surface area contributed by atoms with Crippen LogP contribution < -0.4 is 10.1 Å². The number of carbonyl (C=O) groups excluding carboxylic acids is 1. The van der Waals surface area contributed by atoms with E-state index in [4.69, 9.17) is 4.74 Å². The van der Waals surface area contributed by atoms with E-state index in [-0.39, 0.29) is 5.91 Å².